The number of nitrogens with zero attached hydrogens (tertiary/aromatic N) is 3. The van der Waals surface area contributed by atoms with Crippen LogP contribution in [0.1, 0.15) is 35.9 Å². The minimum absolute atomic E-state index is 0.0799. The molecule has 0 aliphatic carbocycles. The molecule has 1 aliphatic rings. The van der Waals surface area contributed by atoms with Gasteiger partial charge in [-0.15, -0.1) is 0 Å². The van der Waals surface area contributed by atoms with Gasteiger partial charge in [-0.2, -0.15) is 18.3 Å². The van der Waals surface area contributed by atoms with Crippen LogP contribution in [0.25, 0.3) is 0 Å². The summed E-state index contributed by atoms with van der Waals surface area (Å²) in [7, 11) is 0. The van der Waals surface area contributed by atoms with Gasteiger partial charge in [0, 0.05) is 17.9 Å². The number of carbonyl (C=O) groups is 1. The molecule has 1 aromatic heterocycles. The highest BCUT2D eigenvalue weighted by molar-refractivity contribution is 5.96. The summed E-state index contributed by atoms with van der Waals surface area (Å²) in [5, 5.41) is 3.63. The van der Waals surface area contributed by atoms with Crippen molar-refractivity contribution in [3.05, 3.63) is 46.8 Å². The largest absolute Gasteiger partial charge is 0.435 e. The van der Waals surface area contributed by atoms with E-state index in [4.69, 9.17) is 0 Å². The number of aromatic nitrogens is 2. The molecule has 0 saturated heterocycles. The number of carbonyl (C=O) groups excluding carboxylic acids is 1. The molecule has 26 heavy (non-hydrogen) atoms. The average molecular weight is 365 g/mol. The maximum Gasteiger partial charge on any atom is 0.435 e. The summed E-state index contributed by atoms with van der Waals surface area (Å²) in [5.41, 5.74) is 2.61. The molecule has 1 aromatic carbocycles. The maximum atomic E-state index is 13.0. The molecule has 1 atom stereocenters. The number of aryl methyl sites for hydroxylation is 3. The molecule has 7 heteroatoms. The monoisotopic (exact) mass is 365 g/mol. The molecule has 1 aliphatic heterocycles. The zero-order valence-corrected chi connectivity index (χ0v) is 15.1. The van der Waals surface area contributed by atoms with E-state index in [1.807, 2.05) is 25.1 Å². The van der Waals surface area contributed by atoms with E-state index >= 15 is 0 Å². The van der Waals surface area contributed by atoms with Crippen LogP contribution in [-0.2, 0) is 23.9 Å². The zero-order chi connectivity index (χ0) is 19.1. The van der Waals surface area contributed by atoms with Gasteiger partial charge in [0.2, 0.25) is 5.91 Å². The van der Waals surface area contributed by atoms with Crippen LogP contribution >= 0.6 is 0 Å². The van der Waals surface area contributed by atoms with Crippen molar-refractivity contribution in [2.75, 3.05) is 11.4 Å². The minimum Gasteiger partial charge on any atom is -0.312 e. The fourth-order valence-corrected chi connectivity index (χ4v) is 3.50. The lowest BCUT2D eigenvalue weighted by atomic mass is 9.97. The Morgan fingerprint density at radius 3 is 2.69 bits per heavy atom. The van der Waals surface area contributed by atoms with Crippen LogP contribution in [-0.4, -0.2) is 22.2 Å². The van der Waals surface area contributed by atoms with Gasteiger partial charge < -0.3 is 4.90 Å². The van der Waals surface area contributed by atoms with Crippen LogP contribution in [0, 0.1) is 19.8 Å². The van der Waals surface area contributed by atoms with E-state index in [2.05, 4.69) is 5.10 Å². The van der Waals surface area contributed by atoms with Gasteiger partial charge in [0.1, 0.15) is 0 Å². The Morgan fingerprint density at radius 2 is 2.04 bits per heavy atom. The number of alkyl halides is 3. The average Bonchev–Trinajstić information content (AvgIpc) is 2.95. The molecule has 2 heterocycles. The van der Waals surface area contributed by atoms with Crippen LogP contribution in [0.2, 0.25) is 0 Å². The van der Waals surface area contributed by atoms with Crippen LogP contribution in [0.5, 0.6) is 0 Å². The highest BCUT2D eigenvalue weighted by Gasteiger charge is 2.35. The van der Waals surface area contributed by atoms with Crippen LogP contribution in [0.3, 0.4) is 0 Å². The predicted molar refractivity (Wildman–Crippen MR) is 93.0 cm³/mol. The van der Waals surface area contributed by atoms with Crippen molar-refractivity contribution in [3.63, 3.8) is 0 Å². The molecule has 2 aromatic rings. The molecular formula is C19H22F3N3O. The smallest absolute Gasteiger partial charge is 0.312 e. The zero-order valence-electron chi connectivity index (χ0n) is 15.1. The van der Waals surface area contributed by atoms with Gasteiger partial charge in [-0.1, -0.05) is 25.1 Å². The Bertz CT molecular complexity index is 826. The molecule has 3 rings (SSSR count). The molecule has 0 saturated carbocycles. The van der Waals surface area contributed by atoms with Crippen molar-refractivity contribution in [1.29, 1.82) is 0 Å². The Balaban J connectivity index is 1.81. The van der Waals surface area contributed by atoms with Gasteiger partial charge in [-0.3, -0.25) is 9.48 Å². The summed E-state index contributed by atoms with van der Waals surface area (Å²) in [6.45, 7) is 6.04. The molecule has 4 nitrogen and oxygen atoms in total. The summed E-state index contributed by atoms with van der Waals surface area (Å²) in [6.07, 6.45) is -2.66. The first kappa shape index (κ1) is 18.5. The Kier molecular flexibility index (Phi) is 4.82. The predicted octanol–water partition coefficient (Wildman–Crippen LogP) is 4.13. The summed E-state index contributed by atoms with van der Waals surface area (Å²) in [6, 6.07) is 7.00. The normalized spacial score (nSPS) is 15.7. The Hall–Kier alpha value is -2.31. The number of rotatable bonds is 3. The van der Waals surface area contributed by atoms with E-state index in [1.54, 1.807) is 18.7 Å². The SMILES string of the molecule is Cc1cccc2c1N(C(=O)[C@@H](C)Cn1nc(C(F)(F)F)cc1C)CCC2. The van der Waals surface area contributed by atoms with E-state index in [-0.39, 0.29) is 12.5 Å². The lowest BCUT2D eigenvalue weighted by molar-refractivity contribution is -0.141. The third-order valence-electron chi connectivity index (χ3n) is 4.83. The summed E-state index contributed by atoms with van der Waals surface area (Å²) >= 11 is 0. The fourth-order valence-electron chi connectivity index (χ4n) is 3.50. The van der Waals surface area contributed by atoms with Gasteiger partial charge >= 0.3 is 6.18 Å². The van der Waals surface area contributed by atoms with E-state index < -0.39 is 17.8 Å². The molecule has 0 unspecified atom stereocenters. The second-order valence-corrected chi connectivity index (χ2v) is 6.93. The van der Waals surface area contributed by atoms with E-state index in [1.165, 1.54) is 4.68 Å². The second kappa shape index (κ2) is 6.78. The van der Waals surface area contributed by atoms with Crippen LogP contribution in [0.15, 0.2) is 24.3 Å². The first-order chi connectivity index (χ1) is 12.2. The topological polar surface area (TPSA) is 38.1 Å². The highest BCUT2D eigenvalue weighted by atomic mass is 19.4. The number of amides is 1. The van der Waals surface area contributed by atoms with Gasteiger partial charge in [0.25, 0.3) is 0 Å². The maximum absolute atomic E-state index is 13.0. The fraction of sp³-hybridized carbons (Fsp3) is 0.474. The number of benzene rings is 1. The first-order valence-electron chi connectivity index (χ1n) is 8.70. The quantitative estimate of drug-likeness (QED) is 0.820. The van der Waals surface area contributed by atoms with Crippen molar-refractivity contribution in [2.45, 2.75) is 46.3 Å². The molecule has 0 N–H and O–H groups in total. The summed E-state index contributed by atoms with van der Waals surface area (Å²) in [4.78, 5) is 14.8. The lowest BCUT2D eigenvalue weighted by Crippen LogP contribution is -2.40. The molecule has 0 spiro atoms. The van der Waals surface area contributed by atoms with E-state index in [0.717, 1.165) is 35.7 Å². The Morgan fingerprint density at radius 1 is 1.31 bits per heavy atom. The molecule has 0 radical (unpaired) electrons. The number of hydrogen-bond donors (Lipinski definition) is 0. The first-order valence-corrected chi connectivity index (χ1v) is 8.70. The third-order valence-corrected chi connectivity index (χ3v) is 4.83. The molecule has 0 bridgehead atoms. The van der Waals surface area contributed by atoms with Gasteiger partial charge in [0.15, 0.2) is 5.69 Å². The number of fused-ring (bicyclic) bond motifs is 1. The molecule has 0 fully saturated rings. The van der Waals surface area contributed by atoms with E-state index in [9.17, 15) is 18.0 Å². The Labute approximate surface area is 150 Å². The molecular weight excluding hydrogens is 343 g/mol. The van der Waals surface area contributed by atoms with Gasteiger partial charge in [0.05, 0.1) is 12.5 Å². The standard InChI is InChI=1S/C19H22F3N3O/c1-12-6-4-7-15-8-5-9-24(17(12)15)18(26)13(2)11-25-14(3)10-16(23-25)19(20,21)22/h4,6-7,10,13H,5,8-9,11H2,1-3H3/t13-/m0/s1. The van der Waals surface area contributed by atoms with Crippen LogP contribution in [0.4, 0.5) is 18.9 Å². The van der Waals surface area contributed by atoms with Gasteiger partial charge in [-0.05, 0) is 43.9 Å². The summed E-state index contributed by atoms with van der Waals surface area (Å²) < 4.78 is 39.8. The van der Waals surface area contributed by atoms with Crippen molar-refractivity contribution >= 4 is 11.6 Å². The van der Waals surface area contributed by atoms with Crippen LogP contribution < -0.4 is 4.90 Å². The highest BCUT2D eigenvalue weighted by Crippen LogP contribution is 2.32. The van der Waals surface area contributed by atoms with E-state index in [0.29, 0.717) is 12.2 Å². The number of anilines is 1. The third kappa shape index (κ3) is 3.48. The minimum atomic E-state index is -4.48. The van der Waals surface area contributed by atoms with Crippen molar-refractivity contribution < 1.29 is 18.0 Å². The second-order valence-electron chi connectivity index (χ2n) is 6.93. The number of para-hydroxylation sites is 1. The summed E-state index contributed by atoms with van der Waals surface area (Å²) in [5.74, 6) is -0.552. The van der Waals surface area contributed by atoms with Crippen molar-refractivity contribution in [2.24, 2.45) is 5.92 Å². The number of halogens is 3. The molecule has 140 valence electrons. The molecule has 1 amide bonds. The van der Waals surface area contributed by atoms with Crippen molar-refractivity contribution in [1.82, 2.24) is 9.78 Å². The lowest BCUT2D eigenvalue weighted by Gasteiger charge is -2.33. The van der Waals surface area contributed by atoms with Gasteiger partial charge in [-0.25, -0.2) is 0 Å². The number of hydrogen-bond acceptors (Lipinski definition) is 2. The van der Waals surface area contributed by atoms with Crippen molar-refractivity contribution in [3.8, 4) is 0 Å².